The minimum absolute atomic E-state index is 0.140. The van der Waals surface area contributed by atoms with Gasteiger partial charge in [0.15, 0.2) is 0 Å². The fourth-order valence-electron chi connectivity index (χ4n) is 4.12. The molecule has 1 aliphatic heterocycles. The quantitative estimate of drug-likeness (QED) is 0.288. The second-order valence-corrected chi connectivity index (χ2v) is 15.1. The van der Waals surface area contributed by atoms with E-state index in [-0.39, 0.29) is 5.92 Å². The van der Waals surface area contributed by atoms with Crippen molar-refractivity contribution in [3.8, 4) is 0 Å². The third kappa shape index (κ3) is 3.01. The van der Waals surface area contributed by atoms with Crippen LogP contribution in [0.25, 0.3) is 0 Å². The summed E-state index contributed by atoms with van der Waals surface area (Å²) in [5.41, 5.74) is 2.58. The molecule has 5 atom stereocenters. The van der Waals surface area contributed by atoms with Crippen molar-refractivity contribution >= 4 is 32.6 Å². The first kappa shape index (κ1) is 18.5. The van der Waals surface area contributed by atoms with Crippen LogP contribution in [0.15, 0.2) is 42.0 Å². The van der Waals surface area contributed by atoms with Gasteiger partial charge in [0.1, 0.15) is 0 Å². The van der Waals surface area contributed by atoms with Gasteiger partial charge in [-0.25, -0.2) is 0 Å². The Morgan fingerprint density at radius 2 is 1.72 bits per heavy atom. The summed E-state index contributed by atoms with van der Waals surface area (Å²) in [5.74, 6) is -2.01. The molecule has 0 radical (unpaired) electrons. The second kappa shape index (κ2) is 6.13. The molecule has 2 aliphatic rings. The summed E-state index contributed by atoms with van der Waals surface area (Å²) in [7, 11) is -1.50. The number of carbonyl (C=O) groups excluding carboxylic acids is 2. The van der Waals surface area contributed by atoms with Crippen LogP contribution in [0, 0.1) is 11.8 Å². The van der Waals surface area contributed by atoms with Crippen LogP contribution >= 0.6 is 12.6 Å². The summed E-state index contributed by atoms with van der Waals surface area (Å²) in [4.78, 5) is 25.0. The van der Waals surface area contributed by atoms with E-state index in [1.807, 2.05) is 37.3 Å². The third-order valence-electron chi connectivity index (χ3n) is 5.97. The van der Waals surface area contributed by atoms with Crippen molar-refractivity contribution in [1.82, 2.24) is 0 Å². The minimum Gasteiger partial charge on any atom is -0.393 e. The number of cyclic esters (lactones) is 2. The Labute approximate surface area is 156 Å². The molecule has 0 spiro atoms. The van der Waals surface area contributed by atoms with Gasteiger partial charge >= 0.3 is 11.9 Å². The van der Waals surface area contributed by atoms with Gasteiger partial charge in [-0.3, -0.25) is 9.59 Å². The number of allylic oxidation sites excluding steroid dienone is 1. The topological polar surface area (TPSA) is 43.4 Å². The Kier molecular flexibility index (Phi) is 4.53. The van der Waals surface area contributed by atoms with Crippen LogP contribution in [0.1, 0.15) is 25.3 Å². The second-order valence-electron chi connectivity index (χ2n) is 8.54. The highest BCUT2D eigenvalue weighted by atomic mass is 28.3. The Balaban J connectivity index is 2.19. The first-order valence-electron chi connectivity index (χ1n) is 8.80. The van der Waals surface area contributed by atoms with Gasteiger partial charge in [0, 0.05) is 10.7 Å². The molecule has 0 bridgehead atoms. The summed E-state index contributed by atoms with van der Waals surface area (Å²) >= 11 is 4.91. The van der Waals surface area contributed by atoms with Crippen molar-refractivity contribution in [1.29, 1.82) is 0 Å². The van der Waals surface area contributed by atoms with Gasteiger partial charge in [0.2, 0.25) is 0 Å². The molecule has 0 N–H and O–H groups in total. The number of rotatable bonds is 3. The summed E-state index contributed by atoms with van der Waals surface area (Å²) in [6, 6.07) is 9.94. The normalized spacial score (nSPS) is 33.5. The van der Waals surface area contributed by atoms with Gasteiger partial charge in [-0.05, 0) is 18.0 Å². The van der Waals surface area contributed by atoms with E-state index in [4.69, 9.17) is 17.4 Å². The molecule has 3 nitrogen and oxygen atoms in total. The molecular formula is C20H26O3SSi. The van der Waals surface area contributed by atoms with E-state index in [1.54, 1.807) is 0 Å². The van der Waals surface area contributed by atoms with Crippen molar-refractivity contribution in [2.75, 3.05) is 0 Å². The highest BCUT2D eigenvalue weighted by Gasteiger charge is 2.59. The Morgan fingerprint density at radius 3 is 2.28 bits per heavy atom. The molecule has 1 fully saturated rings. The number of hydrogen-bond acceptors (Lipinski definition) is 4. The van der Waals surface area contributed by atoms with Gasteiger partial charge in [0.25, 0.3) is 0 Å². The number of ether oxygens (including phenoxy) is 1. The summed E-state index contributed by atoms with van der Waals surface area (Å²) < 4.78 is 4.39. The zero-order chi connectivity index (χ0) is 18.6. The van der Waals surface area contributed by atoms with Gasteiger partial charge < -0.3 is 4.74 Å². The first-order valence-corrected chi connectivity index (χ1v) is 12.8. The standard InChI is InChI=1S/C20H26O3SSi/c1-12(25(3,4)5)15-11-14(13-9-7-6-8-10-13)16-17(20(15,2)24)19(22)23-18(16)21/h6-12,14,16-17,24H,1-5H3/t12?,14-,16+,17-,20-/m1/s1/i24-25. The molecule has 1 aromatic rings. The Hall–Kier alpha value is -1.33. The SMILES string of the molecule is CC(C1=C[C@H](c2ccccc2)[C@@H]2C(=O)OC(=O)[C@@H]2[C@]1(C)[7SH])[Si](C)(C)C. The van der Waals surface area contributed by atoms with Crippen molar-refractivity contribution in [3.63, 3.8) is 0 Å². The average Bonchev–Trinajstić information content (AvgIpc) is 2.82. The van der Waals surface area contributed by atoms with Gasteiger partial charge in [-0.15, -0.1) is 0 Å². The summed E-state index contributed by atoms with van der Waals surface area (Å²) in [5, 5.41) is 0. The van der Waals surface area contributed by atoms with Gasteiger partial charge in [0.05, 0.1) is 19.9 Å². The highest BCUT2D eigenvalue weighted by Crippen LogP contribution is 2.55. The Bertz CT molecular complexity index is 733. The lowest BCUT2D eigenvalue weighted by Gasteiger charge is -2.45. The molecule has 0 amide bonds. The van der Waals surface area contributed by atoms with E-state index < -0.39 is 36.6 Å². The number of carbonyl (C=O) groups is 2. The zero-order valence-electron chi connectivity index (χ0n) is 15.4. The number of thiol groups is 1. The monoisotopic (exact) mass is 349 g/mol. The molecule has 134 valence electrons. The fourth-order valence-corrected chi connectivity index (χ4v) is 6.10. The van der Waals surface area contributed by atoms with Crippen LogP contribution in [-0.4, -0.2) is 24.8 Å². The maximum atomic E-state index is 12.5. The number of benzene rings is 1. The molecule has 1 saturated heterocycles. The third-order valence-corrected chi connectivity index (χ3v) is 9.42. The summed E-state index contributed by atoms with van der Waals surface area (Å²) in [6.45, 7) is 11.2. The molecule has 1 heterocycles. The Morgan fingerprint density at radius 1 is 1.12 bits per heavy atom. The number of fused-ring (bicyclic) bond motifs is 1. The molecule has 1 unspecified atom stereocenters. The molecule has 1 aliphatic carbocycles. The maximum Gasteiger partial charge on any atom is 0.319 e. The molecule has 3 rings (SSSR count). The van der Waals surface area contributed by atoms with Gasteiger partial charge in [-0.2, -0.15) is 12.6 Å². The van der Waals surface area contributed by atoms with Gasteiger partial charge in [-0.1, -0.05) is 68.5 Å². The first-order chi connectivity index (χ1) is 11.5. The van der Waals surface area contributed by atoms with Crippen LogP contribution in [0.4, 0.5) is 0 Å². The van der Waals surface area contributed by atoms with E-state index in [9.17, 15) is 9.59 Å². The van der Waals surface area contributed by atoms with E-state index in [0.29, 0.717) is 5.54 Å². The minimum atomic E-state index is -1.50. The van der Waals surface area contributed by atoms with E-state index in [1.165, 1.54) is 5.57 Å². The number of hydrogen-bond donors (Lipinski definition) is 1. The molecule has 0 saturated carbocycles. The van der Waals surface area contributed by atoms with Crippen molar-refractivity contribution in [2.45, 2.75) is 49.7 Å². The lowest BCUT2D eigenvalue weighted by molar-refractivity contribution is -0.153. The smallest absolute Gasteiger partial charge is 0.319 e. The van der Waals surface area contributed by atoms with Crippen LogP contribution in [0.5, 0.6) is 0 Å². The highest BCUT2D eigenvalue weighted by molar-refractivity contribution is 7.82. The molecule has 0 aromatic heterocycles. The predicted molar refractivity (Wildman–Crippen MR) is 106 cm³/mol. The fraction of sp³-hybridized carbons (Fsp3) is 0.500. The van der Waals surface area contributed by atoms with E-state index >= 15 is 0 Å². The summed E-state index contributed by atoms with van der Waals surface area (Å²) in [6.07, 6.45) is 2.20. The average molecular weight is 350 g/mol. The lowest BCUT2D eigenvalue weighted by atomic mass is 6.78. The van der Waals surface area contributed by atoms with Crippen molar-refractivity contribution in [2.24, 2.45) is 11.8 Å². The molecule has 25 heavy (non-hydrogen) atoms. The lowest BCUT2D eigenvalue weighted by Crippen LogP contribution is -2.47. The molecule has 5 heteroatoms. The number of esters is 2. The van der Waals surface area contributed by atoms with Crippen LogP contribution in [0.3, 0.4) is 0 Å². The van der Waals surface area contributed by atoms with E-state index in [2.05, 4.69) is 32.6 Å². The predicted octanol–water partition coefficient (Wildman–Crippen LogP) is 4.44. The van der Waals surface area contributed by atoms with E-state index in [0.717, 1.165) is 5.56 Å². The largest absolute Gasteiger partial charge is 0.393 e. The van der Waals surface area contributed by atoms with Crippen LogP contribution in [-0.2, 0) is 14.3 Å². The van der Waals surface area contributed by atoms with Crippen molar-refractivity contribution < 1.29 is 14.3 Å². The van der Waals surface area contributed by atoms with Crippen LogP contribution < -0.4 is 0 Å². The molecular weight excluding hydrogens is 323 g/mol. The molecule has 1 aromatic carbocycles. The van der Waals surface area contributed by atoms with Crippen molar-refractivity contribution in [3.05, 3.63) is 47.5 Å². The maximum absolute atomic E-state index is 12.5. The van der Waals surface area contributed by atoms with Crippen LogP contribution in [0.2, 0.25) is 25.2 Å². The zero-order valence-corrected chi connectivity index (χ0v) is 17.3.